The summed E-state index contributed by atoms with van der Waals surface area (Å²) in [5.41, 5.74) is 2.20. The van der Waals surface area contributed by atoms with Crippen molar-refractivity contribution in [2.24, 2.45) is 4.99 Å². The van der Waals surface area contributed by atoms with Crippen LogP contribution < -0.4 is 0 Å². The minimum atomic E-state index is -4.29. The van der Waals surface area contributed by atoms with Gasteiger partial charge in [0.1, 0.15) is 11.5 Å². The van der Waals surface area contributed by atoms with Crippen LogP contribution in [0.3, 0.4) is 0 Å². The van der Waals surface area contributed by atoms with Crippen LogP contribution >= 0.6 is 0 Å². The van der Waals surface area contributed by atoms with Gasteiger partial charge in [-0.1, -0.05) is 58.9 Å². The van der Waals surface area contributed by atoms with Crippen molar-refractivity contribution in [3.05, 3.63) is 94.1 Å². The van der Waals surface area contributed by atoms with Crippen molar-refractivity contribution in [1.82, 2.24) is 4.98 Å². The first kappa shape index (κ1) is 39.5. The van der Waals surface area contributed by atoms with E-state index in [0.29, 0.717) is 23.2 Å². The number of hydrogen-bond acceptors (Lipinski definition) is 1. The Labute approximate surface area is 259 Å². The Kier molecular flexibility index (Phi) is 15.2. The number of nitrogens with zero attached hydrogens (tertiary/aromatic N) is 1. The lowest BCUT2D eigenvalue weighted by molar-refractivity contribution is -0.0909. The number of halogens is 9. The normalized spacial score (nSPS) is 13.2. The monoisotopic (exact) mass is 648 g/mol. The fraction of sp³-hybridized carbons (Fsp3) is 0.441. The predicted octanol–water partition coefficient (Wildman–Crippen LogP) is 12.2. The second kappa shape index (κ2) is 17.3. The number of hydrogen-bond donors (Lipinski definition) is 1. The highest BCUT2D eigenvalue weighted by Gasteiger charge is 2.34. The van der Waals surface area contributed by atoms with Gasteiger partial charge >= 0.3 is 12.4 Å². The van der Waals surface area contributed by atoms with E-state index in [1.807, 2.05) is 13.8 Å². The van der Waals surface area contributed by atoms with E-state index in [1.54, 1.807) is 38.1 Å². The van der Waals surface area contributed by atoms with E-state index in [-0.39, 0.29) is 18.2 Å². The largest absolute Gasteiger partial charge is 0.429 e. The molecule has 45 heavy (non-hydrogen) atoms. The Bertz CT molecular complexity index is 1480. The topological polar surface area (TPSA) is 28.1 Å². The molecule has 2 aromatic carbocycles. The lowest BCUT2D eigenvalue weighted by atomic mass is 9.91. The maximum absolute atomic E-state index is 14.5. The zero-order valence-electron chi connectivity index (χ0n) is 26.6. The lowest BCUT2D eigenvalue weighted by Gasteiger charge is -2.15. The number of aliphatic imine (C=N–C) groups is 1. The summed E-state index contributed by atoms with van der Waals surface area (Å²) >= 11 is 0. The molecule has 1 aromatic heterocycles. The summed E-state index contributed by atoms with van der Waals surface area (Å²) in [4.78, 5) is 6.81. The van der Waals surface area contributed by atoms with Crippen molar-refractivity contribution in [3.8, 4) is 0 Å². The van der Waals surface area contributed by atoms with Gasteiger partial charge in [0, 0.05) is 33.8 Å². The Morgan fingerprint density at radius 3 is 2.02 bits per heavy atom. The highest BCUT2D eigenvalue weighted by Crippen LogP contribution is 2.35. The molecule has 0 aliphatic heterocycles. The second-order valence-corrected chi connectivity index (χ2v) is 10.6. The van der Waals surface area contributed by atoms with E-state index in [1.165, 1.54) is 19.1 Å². The van der Waals surface area contributed by atoms with Crippen LogP contribution in [0.2, 0.25) is 0 Å². The van der Waals surface area contributed by atoms with E-state index < -0.39 is 35.3 Å². The number of aromatic nitrogens is 1. The Morgan fingerprint density at radius 2 is 1.53 bits per heavy atom. The van der Waals surface area contributed by atoms with Crippen LogP contribution in [0.1, 0.15) is 95.5 Å². The molecule has 0 aliphatic rings. The van der Waals surface area contributed by atoms with Crippen LogP contribution in [-0.2, 0) is 6.42 Å². The molecule has 0 radical (unpaired) electrons. The summed E-state index contributed by atoms with van der Waals surface area (Å²) in [5, 5.41) is 0.822. The van der Waals surface area contributed by atoms with Crippen LogP contribution in [0.4, 0.5) is 39.5 Å². The van der Waals surface area contributed by atoms with Crippen molar-refractivity contribution in [1.29, 1.82) is 0 Å². The molecule has 0 saturated carbocycles. The zero-order chi connectivity index (χ0) is 34.7. The van der Waals surface area contributed by atoms with Gasteiger partial charge in [-0.2, -0.15) is 26.3 Å². The van der Waals surface area contributed by atoms with Gasteiger partial charge in [-0.05, 0) is 81.3 Å². The van der Waals surface area contributed by atoms with Gasteiger partial charge in [0.2, 0.25) is 0 Å². The van der Waals surface area contributed by atoms with E-state index in [9.17, 15) is 39.5 Å². The van der Waals surface area contributed by atoms with Crippen LogP contribution in [0.5, 0.6) is 0 Å². The van der Waals surface area contributed by atoms with Crippen LogP contribution in [0, 0.1) is 24.4 Å². The number of aromatic amines is 1. The number of benzene rings is 2. The summed E-state index contributed by atoms with van der Waals surface area (Å²) in [6, 6.07) is 7.84. The number of aryl methyl sites for hydroxylation is 2. The van der Waals surface area contributed by atoms with Gasteiger partial charge in [0.25, 0.3) is 0 Å². The highest BCUT2D eigenvalue weighted by atomic mass is 19.4. The quantitative estimate of drug-likeness (QED) is 0.143. The number of fused-ring (bicyclic) bond motifs is 1. The zero-order valence-corrected chi connectivity index (χ0v) is 26.6. The Morgan fingerprint density at radius 1 is 0.933 bits per heavy atom. The maximum atomic E-state index is 14.5. The first-order chi connectivity index (χ1) is 20.8. The predicted molar refractivity (Wildman–Crippen MR) is 164 cm³/mol. The highest BCUT2D eigenvalue weighted by molar-refractivity contribution is 5.90. The summed E-state index contributed by atoms with van der Waals surface area (Å²) < 4.78 is 112. The van der Waals surface area contributed by atoms with Crippen LogP contribution in [0.15, 0.2) is 59.2 Å². The number of H-pyrrole nitrogens is 1. The van der Waals surface area contributed by atoms with Crippen molar-refractivity contribution in [2.75, 3.05) is 0 Å². The molecular weight excluding hydrogens is 607 g/mol. The molecule has 0 bridgehead atoms. The van der Waals surface area contributed by atoms with Gasteiger partial charge in [-0.3, -0.25) is 4.99 Å². The summed E-state index contributed by atoms with van der Waals surface area (Å²) in [6.07, 6.45) is -3.48. The third-order valence-corrected chi connectivity index (χ3v) is 6.84. The fourth-order valence-corrected chi connectivity index (χ4v) is 4.28. The van der Waals surface area contributed by atoms with Gasteiger partial charge in [-0.15, -0.1) is 0 Å². The molecule has 0 saturated heterocycles. The van der Waals surface area contributed by atoms with E-state index in [0.717, 1.165) is 48.3 Å². The van der Waals surface area contributed by atoms with E-state index >= 15 is 0 Å². The molecule has 1 N–H and O–H groups in total. The SMILES string of the molecule is C=C(C)C(F)(F)F.CC/C=C(\C)N=C(CC)C(F)(F)F.CCCCc1c(C(C)c2ccc(C)c(F)c2F)[nH]c2ccc(F)cc12. The molecule has 11 heteroatoms. The first-order valence-corrected chi connectivity index (χ1v) is 14.6. The van der Waals surface area contributed by atoms with Gasteiger partial charge < -0.3 is 4.98 Å². The van der Waals surface area contributed by atoms with Gasteiger partial charge in [-0.25, -0.2) is 13.2 Å². The molecule has 1 atom stereocenters. The molecular formula is C34H41F9N2. The number of unbranched alkanes of at least 4 members (excludes halogenated alkanes) is 1. The first-order valence-electron chi connectivity index (χ1n) is 14.6. The molecule has 0 aliphatic carbocycles. The minimum Gasteiger partial charge on any atom is -0.358 e. The molecule has 1 heterocycles. The molecule has 0 spiro atoms. The van der Waals surface area contributed by atoms with E-state index in [4.69, 9.17) is 0 Å². The molecule has 3 rings (SSSR count). The average Bonchev–Trinajstić information content (AvgIpc) is 3.30. The number of nitrogens with one attached hydrogen (secondary N) is 1. The minimum absolute atomic E-state index is 0.0849. The molecule has 2 nitrogen and oxygen atoms in total. The van der Waals surface area contributed by atoms with Crippen molar-refractivity contribution >= 4 is 16.6 Å². The lowest BCUT2D eigenvalue weighted by Crippen LogP contribution is -2.22. The van der Waals surface area contributed by atoms with Crippen molar-refractivity contribution in [3.63, 3.8) is 0 Å². The number of allylic oxidation sites excluding steroid dienone is 3. The summed E-state index contributed by atoms with van der Waals surface area (Å²) in [7, 11) is 0. The summed E-state index contributed by atoms with van der Waals surface area (Å²) in [5.74, 6) is -2.26. The van der Waals surface area contributed by atoms with E-state index in [2.05, 4.69) is 23.5 Å². The molecule has 0 fully saturated rings. The van der Waals surface area contributed by atoms with Crippen LogP contribution in [0.25, 0.3) is 10.9 Å². The van der Waals surface area contributed by atoms with Crippen molar-refractivity contribution < 1.29 is 39.5 Å². The molecule has 1 unspecified atom stereocenters. The third-order valence-electron chi connectivity index (χ3n) is 6.84. The molecule has 250 valence electrons. The fourth-order valence-electron chi connectivity index (χ4n) is 4.28. The summed E-state index contributed by atoms with van der Waals surface area (Å²) in [6.45, 7) is 14.0. The van der Waals surface area contributed by atoms with Crippen LogP contribution in [-0.4, -0.2) is 23.0 Å². The van der Waals surface area contributed by atoms with Gasteiger partial charge in [0.05, 0.1) is 0 Å². The standard InChI is InChI=1S/C21H22F3N.C9H14F3N.C4H5F3/c1-4-5-6-16-17-11-14(22)8-10-18(17)25-21(16)13(3)15-9-7-12(2)19(23)20(15)24;1-4-6-7(3)13-8(5-2)9(10,11)12;1-3(2)4(5,6)7/h7-11,13,25H,4-6H2,1-3H3;6H,4-5H2,1-3H3;1H2,2H3/b;7-6+,13-8?;. The Hall–Kier alpha value is -3.50. The third kappa shape index (κ3) is 11.7. The molecule has 0 amide bonds. The molecule has 3 aromatic rings. The van der Waals surface area contributed by atoms with Gasteiger partial charge in [0.15, 0.2) is 11.6 Å². The van der Waals surface area contributed by atoms with Crippen molar-refractivity contribution in [2.45, 2.75) is 98.8 Å². The smallest absolute Gasteiger partial charge is 0.358 e. The maximum Gasteiger partial charge on any atom is 0.429 e. The number of alkyl halides is 6. The Balaban J connectivity index is 0.000000424. The average molecular weight is 649 g/mol. The second-order valence-electron chi connectivity index (χ2n) is 10.6. The number of rotatable bonds is 8.